The Morgan fingerprint density at radius 2 is 2.18 bits per heavy atom. The van der Waals surface area contributed by atoms with E-state index in [1.807, 2.05) is 6.07 Å². The van der Waals surface area contributed by atoms with Gasteiger partial charge in [-0.15, -0.1) is 0 Å². The van der Waals surface area contributed by atoms with Crippen molar-refractivity contribution in [1.82, 2.24) is 9.97 Å². The van der Waals surface area contributed by atoms with E-state index in [4.69, 9.17) is 4.74 Å². The molecule has 2 heterocycles. The van der Waals surface area contributed by atoms with Crippen LogP contribution in [0.4, 0.5) is 4.39 Å². The van der Waals surface area contributed by atoms with Gasteiger partial charge in [0.2, 0.25) is 5.95 Å². The molecule has 4 nitrogen and oxygen atoms in total. The number of carbonyl (C=O) groups excluding carboxylic acids is 1. The van der Waals surface area contributed by atoms with Crippen LogP contribution in [0, 0.1) is 5.95 Å². The zero-order chi connectivity index (χ0) is 15.5. The molecule has 1 aliphatic rings. The van der Waals surface area contributed by atoms with Crippen molar-refractivity contribution in [2.75, 3.05) is 6.61 Å². The molecule has 1 saturated carbocycles. The summed E-state index contributed by atoms with van der Waals surface area (Å²) in [7, 11) is 0. The zero-order valence-corrected chi connectivity index (χ0v) is 12.6. The van der Waals surface area contributed by atoms with Crippen molar-refractivity contribution in [3.63, 3.8) is 0 Å². The molecule has 0 spiro atoms. The van der Waals surface area contributed by atoms with Gasteiger partial charge in [0.15, 0.2) is 0 Å². The number of pyridine rings is 1. The van der Waals surface area contributed by atoms with E-state index in [2.05, 4.69) is 9.97 Å². The summed E-state index contributed by atoms with van der Waals surface area (Å²) < 4.78 is 18.5. The number of nitrogens with zero attached hydrogens (tertiary/aromatic N) is 1. The molecule has 5 heteroatoms. The molecule has 0 radical (unpaired) electrons. The molecular weight excluding hydrogens is 283 g/mol. The summed E-state index contributed by atoms with van der Waals surface area (Å²) in [4.78, 5) is 19.0. The van der Waals surface area contributed by atoms with Crippen molar-refractivity contribution in [3.05, 3.63) is 41.5 Å². The molecule has 0 bridgehead atoms. The Bertz CT molecular complexity index is 675. The summed E-state index contributed by atoms with van der Waals surface area (Å²) in [6, 6.07) is 6.53. The largest absolute Gasteiger partial charge is 0.461 e. The SMILES string of the molecule is CCOC(=O)c1cc(C2CCCC2)c(-c2cccc(F)n2)[nH]1. The minimum atomic E-state index is -0.526. The van der Waals surface area contributed by atoms with Crippen molar-refractivity contribution in [3.8, 4) is 11.4 Å². The molecule has 1 N–H and O–H groups in total. The van der Waals surface area contributed by atoms with E-state index < -0.39 is 5.95 Å². The van der Waals surface area contributed by atoms with E-state index in [1.54, 1.807) is 19.1 Å². The van der Waals surface area contributed by atoms with E-state index in [1.165, 1.54) is 18.9 Å². The minimum absolute atomic E-state index is 0.324. The topological polar surface area (TPSA) is 55.0 Å². The number of nitrogens with one attached hydrogen (secondary N) is 1. The first kappa shape index (κ1) is 14.8. The highest BCUT2D eigenvalue weighted by atomic mass is 19.1. The Kier molecular flexibility index (Phi) is 4.22. The van der Waals surface area contributed by atoms with E-state index in [0.29, 0.717) is 23.9 Å². The average Bonchev–Trinajstić information content (AvgIpc) is 3.17. The number of carbonyl (C=O) groups is 1. The number of hydrogen-bond donors (Lipinski definition) is 1. The van der Waals surface area contributed by atoms with Crippen LogP contribution in [-0.2, 0) is 4.74 Å². The first-order chi connectivity index (χ1) is 10.7. The van der Waals surface area contributed by atoms with Gasteiger partial charge in [-0.3, -0.25) is 0 Å². The van der Waals surface area contributed by atoms with E-state index in [0.717, 1.165) is 24.1 Å². The van der Waals surface area contributed by atoms with Crippen molar-refractivity contribution in [2.24, 2.45) is 0 Å². The average molecular weight is 302 g/mol. The summed E-state index contributed by atoms with van der Waals surface area (Å²) in [5, 5.41) is 0. The van der Waals surface area contributed by atoms with Gasteiger partial charge in [0.25, 0.3) is 0 Å². The lowest BCUT2D eigenvalue weighted by Gasteiger charge is -2.10. The quantitative estimate of drug-likeness (QED) is 0.684. The fourth-order valence-electron chi connectivity index (χ4n) is 3.11. The predicted molar refractivity (Wildman–Crippen MR) is 81.1 cm³/mol. The van der Waals surface area contributed by atoms with Gasteiger partial charge in [-0.25, -0.2) is 9.78 Å². The Hall–Kier alpha value is -2.17. The smallest absolute Gasteiger partial charge is 0.354 e. The second-order valence-corrected chi connectivity index (χ2v) is 5.56. The van der Waals surface area contributed by atoms with Crippen LogP contribution in [-0.4, -0.2) is 22.5 Å². The van der Waals surface area contributed by atoms with Crippen LogP contribution in [0.1, 0.15) is 54.6 Å². The second-order valence-electron chi connectivity index (χ2n) is 5.56. The van der Waals surface area contributed by atoms with E-state index >= 15 is 0 Å². The first-order valence-corrected chi connectivity index (χ1v) is 7.72. The number of rotatable bonds is 4. The lowest BCUT2D eigenvalue weighted by Crippen LogP contribution is -2.04. The molecule has 3 rings (SSSR count). The molecule has 1 fully saturated rings. The van der Waals surface area contributed by atoms with Gasteiger partial charge >= 0.3 is 5.97 Å². The molecule has 0 aliphatic heterocycles. The van der Waals surface area contributed by atoms with Gasteiger partial charge in [-0.05, 0) is 49.4 Å². The third-order valence-electron chi connectivity index (χ3n) is 4.11. The number of esters is 1. The summed E-state index contributed by atoms with van der Waals surface area (Å²) >= 11 is 0. The van der Waals surface area contributed by atoms with Crippen LogP contribution in [0.3, 0.4) is 0 Å². The van der Waals surface area contributed by atoms with Crippen LogP contribution in [0.5, 0.6) is 0 Å². The number of ether oxygens (including phenoxy) is 1. The van der Waals surface area contributed by atoms with Crippen molar-refractivity contribution < 1.29 is 13.9 Å². The number of hydrogen-bond acceptors (Lipinski definition) is 3. The van der Waals surface area contributed by atoms with Crippen molar-refractivity contribution in [1.29, 1.82) is 0 Å². The van der Waals surface area contributed by atoms with Crippen LogP contribution in [0.2, 0.25) is 0 Å². The van der Waals surface area contributed by atoms with Crippen LogP contribution in [0.25, 0.3) is 11.4 Å². The predicted octanol–water partition coefficient (Wildman–Crippen LogP) is 4.05. The Labute approximate surface area is 128 Å². The normalized spacial score (nSPS) is 15.2. The van der Waals surface area contributed by atoms with Gasteiger partial charge < -0.3 is 9.72 Å². The molecule has 2 aromatic heterocycles. The maximum atomic E-state index is 13.4. The van der Waals surface area contributed by atoms with Crippen molar-refractivity contribution >= 4 is 5.97 Å². The summed E-state index contributed by atoms with van der Waals surface area (Å²) in [5.74, 6) is -0.522. The number of halogens is 1. The summed E-state index contributed by atoms with van der Waals surface area (Å²) in [5.41, 5.74) is 2.70. The molecule has 0 unspecified atom stereocenters. The van der Waals surface area contributed by atoms with Gasteiger partial charge in [-0.2, -0.15) is 4.39 Å². The molecule has 0 atom stereocenters. The van der Waals surface area contributed by atoms with E-state index in [9.17, 15) is 9.18 Å². The Balaban J connectivity index is 2.04. The molecular formula is C17H19FN2O2. The fraction of sp³-hybridized carbons (Fsp3) is 0.412. The summed E-state index contributed by atoms with van der Waals surface area (Å²) in [6.07, 6.45) is 4.53. The van der Waals surface area contributed by atoms with Crippen LogP contribution in [0.15, 0.2) is 24.3 Å². The van der Waals surface area contributed by atoms with Crippen LogP contribution < -0.4 is 0 Å². The number of aromatic nitrogens is 2. The maximum Gasteiger partial charge on any atom is 0.354 e. The highest BCUT2D eigenvalue weighted by Crippen LogP contribution is 2.39. The van der Waals surface area contributed by atoms with Crippen molar-refractivity contribution in [2.45, 2.75) is 38.5 Å². The third kappa shape index (κ3) is 2.89. The molecule has 1 aliphatic carbocycles. The fourth-order valence-corrected chi connectivity index (χ4v) is 3.11. The summed E-state index contributed by atoms with van der Waals surface area (Å²) in [6.45, 7) is 2.10. The molecule has 0 amide bonds. The number of aromatic amines is 1. The molecule has 0 saturated heterocycles. The Morgan fingerprint density at radius 1 is 1.41 bits per heavy atom. The van der Waals surface area contributed by atoms with Gasteiger partial charge in [-0.1, -0.05) is 18.9 Å². The monoisotopic (exact) mass is 302 g/mol. The first-order valence-electron chi connectivity index (χ1n) is 7.72. The van der Waals surface area contributed by atoms with Gasteiger partial charge in [0, 0.05) is 0 Å². The second kappa shape index (κ2) is 6.30. The Morgan fingerprint density at radius 3 is 2.86 bits per heavy atom. The molecule has 22 heavy (non-hydrogen) atoms. The molecule has 116 valence electrons. The molecule has 0 aromatic carbocycles. The van der Waals surface area contributed by atoms with Gasteiger partial charge in [0.05, 0.1) is 18.0 Å². The minimum Gasteiger partial charge on any atom is -0.461 e. The molecule has 2 aromatic rings. The zero-order valence-electron chi connectivity index (χ0n) is 12.6. The maximum absolute atomic E-state index is 13.4. The van der Waals surface area contributed by atoms with E-state index in [-0.39, 0.29) is 5.97 Å². The van der Waals surface area contributed by atoms with Crippen LogP contribution >= 0.6 is 0 Å². The standard InChI is InChI=1S/C17H19FN2O2/c1-2-22-17(21)14-10-12(11-6-3-4-7-11)16(20-14)13-8-5-9-15(18)19-13/h5,8-11,20H,2-4,6-7H2,1H3. The third-order valence-corrected chi connectivity index (χ3v) is 4.11. The lowest BCUT2D eigenvalue weighted by molar-refractivity contribution is 0.0520. The van der Waals surface area contributed by atoms with Gasteiger partial charge in [0.1, 0.15) is 5.69 Å². The highest BCUT2D eigenvalue weighted by molar-refractivity contribution is 5.89. The highest BCUT2D eigenvalue weighted by Gasteiger charge is 2.25. The number of H-pyrrole nitrogens is 1. The lowest BCUT2D eigenvalue weighted by atomic mass is 9.96.